The average Bonchev–Trinajstić information content (AvgIpc) is 3.02. The van der Waals surface area contributed by atoms with Crippen molar-refractivity contribution in [2.75, 3.05) is 0 Å². The molecule has 0 spiro atoms. The molecule has 0 aliphatic rings. The summed E-state index contributed by atoms with van der Waals surface area (Å²) in [7, 11) is 0. The minimum absolute atomic E-state index is 0.210. The van der Waals surface area contributed by atoms with E-state index in [0.717, 1.165) is 5.56 Å². The van der Waals surface area contributed by atoms with Gasteiger partial charge in [0.1, 0.15) is 5.56 Å². The summed E-state index contributed by atoms with van der Waals surface area (Å²) in [5.74, 6) is -0.237. The zero-order valence-corrected chi connectivity index (χ0v) is 13.7. The number of hydrogen-bond acceptors (Lipinski definition) is 5. The molecule has 1 N–H and O–H groups in total. The Morgan fingerprint density at radius 2 is 2.00 bits per heavy atom. The molecule has 0 atom stereocenters. The van der Waals surface area contributed by atoms with Gasteiger partial charge in [-0.1, -0.05) is 35.5 Å². The van der Waals surface area contributed by atoms with Crippen LogP contribution in [0.3, 0.4) is 0 Å². The number of carboxylic acid groups (broad SMARTS) is 1. The second kappa shape index (κ2) is 7.12. The van der Waals surface area contributed by atoms with Gasteiger partial charge >= 0.3 is 5.97 Å². The summed E-state index contributed by atoms with van der Waals surface area (Å²) in [6.07, 6.45) is 2.49. The number of aromatic carboxylic acids is 1. The Balaban J connectivity index is 1.70. The van der Waals surface area contributed by atoms with E-state index in [9.17, 15) is 9.59 Å². The number of hydrogen-bond donors (Lipinski definition) is 1. The highest BCUT2D eigenvalue weighted by Gasteiger charge is 2.15. The van der Waals surface area contributed by atoms with Gasteiger partial charge < -0.3 is 14.2 Å². The number of aryl methyl sites for hydroxylation is 3. The number of aromatic nitrogens is 3. The SMILES string of the molecule is Cc1ccn(CCc2nc(Cc3ccccc3)no2)c(=O)c1C(=O)O. The highest BCUT2D eigenvalue weighted by molar-refractivity contribution is 5.88. The third-order valence-corrected chi connectivity index (χ3v) is 3.87. The van der Waals surface area contributed by atoms with Crippen molar-refractivity contribution in [3.05, 3.63) is 81.4 Å². The van der Waals surface area contributed by atoms with Crippen molar-refractivity contribution in [3.8, 4) is 0 Å². The standard InChI is InChI=1S/C18H17N3O4/c1-12-7-9-21(17(22)16(12)18(23)24)10-8-15-19-14(20-25-15)11-13-5-3-2-4-6-13/h2-7,9H,8,10-11H2,1H3,(H,23,24). The normalized spacial score (nSPS) is 10.8. The Kier molecular flexibility index (Phi) is 4.74. The van der Waals surface area contributed by atoms with Crippen LogP contribution in [-0.4, -0.2) is 25.8 Å². The Labute approximate surface area is 143 Å². The topological polar surface area (TPSA) is 98.2 Å². The fourth-order valence-electron chi connectivity index (χ4n) is 2.56. The fourth-order valence-corrected chi connectivity index (χ4v) is 2.56. The van der Waals surface area contributed by atoms with Crippen LogP contribution in [0.25, 0.3) is 0 Å². The molecule has 2 heterocycles. The van der Waals surface area contributed by atoms with Crippen molar-refractivity contribution in [2.45, 2.75) is 26.3 Å². The highest BCUT2D eigenvalue weighted by atomic mass is 16.5. The first-order valence-electron chi connectivity index (χ1n) is 7.83. The Hall–Kier alpha value is -3.22. The fraction of sp³-hybridized carbons (Fsp3) is 0.222. The largest absolute Gasteiger partial charge is 0.477 e. The molecule has 128 valence electrons. The summed E-state index contributed by atoms with van der Waals surface area (Å²) in [6.45, 7) is 1.87. The van der Waals surface area contributed by atoms with E-state index in [-0.39, 0.29) is 12.1 Å². The van der Waals surface area contributed by atoms with E-state index in [2.05, 4.69) is 10.1 Å². The predicted molar refractivity (Wildman–Crippen MR) is 89.6 cm³/mol. The summed E-state index contributed by atoms with van der Waals surface area (Å²) in [6, 6.07) is 11.4. The lowest BCUT2D eigenvalue weighted by atomic mass is 10.1. The molecule has 0 saturated carbocycles. The van der Waals surface area contributed by atoms with Crippen LogP contribution in [0, 0.1) is 6.92 Å². The van der Waals surface area contributed by atoms with Crippen LogP contribution in [0.15, 0.2) is 51.9 Å². The van der Waals surface area contributed by atoms with Crippen molar-refractivity contribution in [1.29, 1.82) is 0 Å². The molecule has 25 heavy (non-hydrogen) atoms. The zero-order valence-electron chi connectivity index (χ0n) is 13.7. The molecule has 0 fully saturated rings. The molecule has 0 bridgehead atoms. The van der Waals surface area contributed by atoms with Gasteiger partial charge in [-0.2, -0.15) is 4.98 Å². The summed E-state index contributed by atoms with van der Waals surface area (Å²) in [5, 5.41) is 13.1. The van der Waals surface area contributed by atoms with Crippen LogP contribution >= 0.6 is 0 Å². The van der Waals surface area contributed by atoms with Crippen LogP contribution in [-0.2, 0) is 19.4 Å². The molecule has 0 radical (unpaired) electrons. The van der Waals surface area contributed by atoms with E-state index < -0.39 is 11.5 Å². The minimum Gasteiger partial charge on any atom is -0.477 e. The smallest absolute Gasteiger partial charge is 0.341 e. The lowest BCUT2D eigenvalue weighted by Crippen LogP contribution is -2.27. The van der Waals surface area contributed by atoms with Crippen LogP contribution in [0.2, 0.25) is 0 Å². The van der Waals surface area contributed by atoms with Crippen molar-refractivity contribution < 1.29 is 14.4 Å². The van der Waals surface area contributed by atoms with Gasteiger partial charge in [-0.25, -0.2) is 4.79 Å². The van der Waals surface area contributed by atoms with Gasteiger partial charge in [0.25, 0.3) is 5.56 Å². The van der Waals surface area contributed by atoms with E-state index in [0.29, 0.717) is 30.1 Å². The van der Waals surface area contributed by atoms with E-state index in [1.165, 1.54) is 4.57 Å². The Bertz CT molecular complexity index is 944. The van der Waals surface area contributed by atoms with Gasteiger partial charge in [-0.05, 0) is 24.1 Å². The maximum Gasteiger partial charge on any atom is 0.341 e. The molecule has 0 aliphatic carbocycles. The van der Waals surface area contributed by atoms with Crippen LogP contribution < -0.4 is 5.56 Å². The van der Waals surface area contributed by atoms with Gasteiger partial charge in [-0.15, -0.1) is 0 Å². The molecule has 3 aromatic rings. The van der Waals surface area contributed by atoms with Crippen LogP contribution in [0.1, 0.15) is 33.2 Å². The molecule has 7 nitrogen and oxygen atoms in total. The summed E-state index contributed by atoms with van der Waals surface area (Å²) >= 11 is 0. The van der Waals surface area contributed by atoms with Crippen molar-refractivity contribution >= 4 is 5.97 Å². The minimum atomic E-state index is -1.22. The number of carboxylic acids is 1. The van der Waals surface area contributed by atoms with Crippen molar-refractivity contribution in [2.24, 2.45) is 0 Å². The maximum atomic E-state index is 12.2. The number of nitrogens with zero attached hydrogens (tertiary/aromatic N) is 3. The van der Waals surface area contributed by atoms with E-state index >= 15 is 0 Å². The first-order valence-corrected chi connectivity index (χ1v) is 7.83. The lowest BCUT2D eigenvalue weighted by Gasteiger charge is -2.06. The van der Waals surface area contributed by atoms with Crippen LogP contribution in [0.5, 0.6) is 0 Å². The van der Waals surface area contributed by atoms with Gasteiger partial charge in [0, 0.05) is 25.6 Å². The molecule has 1 aromatic carbocycles. The number of benzene rings is 1. The molecular formula is C18H17N3O4. The second-order valence-corrected chi connectivity index (χ2v) is 5.69. The molecule has 0 aliphatic heterocycles. The van der Waals surface area contributed by atoms with Gasteiger partial charge in [-0.3, -0.25) is 4.79 Å². The first-order chi connectivity index (χ1) is 12.0. The van der Waals surface area contributed by atoms with Crippen molar-refractivity contribution in [3.63, 3.8) is 0 Å². The van der Waals surface area contributed by atoms with E-state index in [4.69, 9.17) is 9.63 Å². The second-order valence-electron chi connectivity index (χ2n) is 5.69. The third kappa shape index (κ3) is 3.82. The molecule has 3 rings (SSSR count). The highest BCUT2D eigenvalue weighted by Crippen LogP contribution is 2.08. The molecule has 0 saturated heterocycles. The number of pyridine rings is 1. The van der Waals surface area contributed by atoms with Gasteiger partial charge in [0.2, 0.25) is 5.89 Å². The van der Waals surface area contributed by atoms with E-state index in [1.54, 1.807) is 19.2 Å². The Morgan fingerprint density at radius 1 is 1.24 bits per heavy atom. The van der Waals surface area contributed by atoms with Gasteiger partial charge in [0.05, 0.1) is 0 Å². The molecule has 2 aromatic heterocycles. The Morgan fingerprint density at radius 3 is 2.72 bits per heavy atom. The third-order valence-electron chi connectivity index (χ3n) is 3.87. The quantitative estimate of drug-likeness (QED) is 0.738. The lowest BCUT2D eigenvalue weighted by molar-refractivity contribution is 0.0693. The number of rotatable bonds is 6. The first kappa shape index (κ1) is 16.6. The molecule has 7 heteroatoms. The molecule has 0 amide bonds. The van der Waals surface area contributed by atoms with Crippen molar-refractivity contribution in [1.82, 2.24) is 14.7 Å². The monoisotopic (exact) mass is 339 g/mol. The molecule has 0 unspecified atom stereocenters. The van der Waals surface area contributed by atoms with E-state index in [1.807, 2.05) is 30.3 Å². The summed E-state index contributed by atoms with van der Waals surface area (Å²) in [4.78, 5) is 27.7. The van der Waals surface area contributed by atoms with Crippen LogP contribution in [0.4, 0.5) is 0 Å². The summed E-state index contributed by atoms with van der Waals surface area (Å²) < 4.78 is 6.55. The number of carbonyl (C=O) groups is 1. The molecular weight excluding hydrogens is 322 g/mol. The average molecular weight is 339 g/mol. The predicted octanol–water partition coefficient (Wildman–Crippen LogP) is 2.07. The van der Waals surface area contributed by atoms with Gasteiger partial charge in [0.15, 0.2) is 5.82 Å². The zero-order chi connectivity index (χ0) is 17.8. The maximum absolute atomic E-state index is 12.2. The summed E-state index contributed by atoms with van der Waals surface area (Å²) in [5.41, 5.74) is 0.779.